The molecule has 0 saturated heterocycles. The van der Waals surface area contributed by atoms with Crippen LogP contribution in [0.25, 0.3) is 0 Å². The number of nitriles is 1. The van der Waals surface area contributed by atoms with Crippen LogP contribution < -0.4 is 19.7 Å². The third kappa shape index (κ3) is 2.50. The number of anilines is 2. The zero-order valence-corrected chi connectivity index (χ0v) is 13.2. The Kier molecular flexibility index (Phi) is 3.47. The van der Waals surface area contributed by atoms with Gasteiger partial charge in [-0.1, -0.05) is 6.07 Å². The first-order valence-electron chi connectivity index (χ1n) is 7.71. The van der Waals surface area contributed by atoms with Crippen LogP contribution >= 0.6 is 0 Å². The number of nitrogens with zero attached hydrogens (tertiary/aromatic N) is 3. The van der Waals surface area contributed by atoms with E-state index in [0.717, 1.165) is 34.3 Å². The lowest BCUT2D eigenvalue weighted by Gasteiger charge is -2.29. The predicted molar refractivity (Wildman–Crippen MR) is 92.0 cm³/mol. The molecule has 0 radical (unpaired) electrons. The topological polar surface area (TPSA) is 69.9 Å². The van der Waals surface area contributed by atoms with Crippen molar-refractivity contribution in [1.29, 1.82) is 5.26 Å². The lowest BCUT2D eigenvalue weighted by molar-refractivity contribution is 0.171. The molecule has 0 bridgehead atoms. The summed E-state index contributed by atoms with van der Waals surface area (Å²) in [5.74, 6) is 2.25. The van der Waals surface area contributed by atoms with Gasteiger partial charge in [-0.25, -0.2) is 4.99 Å². The molecule has 0 fully saturated rings. The van der Waals surface area contributed by atoms with Crippen molar-refractivity contribution in [2.75, 3.05) is 37.1 Å². The van der Waals surface area contributed by atoms with E-state index in [9.17, 15) is 0 Å². The van der Waals surface area contributed by atoms with Crippen molar-refractivity contribution in [2.45, 2.75) is 0 Å². The summed E-state index contributed by atoms with van der Waals surface area (Å²) in [5.41, 5.74) is 3.43. The molecule has 0 spiro atoms. The van der Waals surface area contributed by atoms with E-state index in [2.05, 4.69) is 21.3 Å². The van der Waals surface area contributed by atoms with Gasteiger partial charge >= 0.3 is 0 Å². The first-order valence-corrected chi connectivity index (χ1v) is 7.71. The van der Waals surface area contributed by atoms with Crippen LogP contribution in [0.2, 0.25) is 0 Å². The van der Waals surface area contributed by atoms with Crippen LogP contribution in [-0.4, -0.2) is 32.8 Å². The summed E-state index contributed by atoms with van der Waals surface area (Å²) in [5, 5.41) is 12.4. The molecule has 0 unspecified atom stereocenters. The number of rotatable bonds is 1. The van der Waals surface area contributed by atoms with E-state index in [0.29, 0.717) is 25.4 Å². The summed E-state index contributed by atoms with van der Waals surface area (Å²) < 4.78 is 11.4. The third-order valence-corrected chi connectivity index (χ3v) is 4.02. The lowest BCUT2D eigenvalue weighted by Crippen LogP contribution is -2.30. The van der Waals surface area contributed by atoms with Crippen molar-refractivity contribution >= 4 is 17.2 Å². The normalized spacial score (nSPS) is 15.2. The van der Waals surface area contributed by atoms with E-state index < -0.39 is 0 Å². The number of hydrogen-bond acceptors (Lipinski definition) is 6. The summed E-state index contributed by atoms with van der Waals surface area (Å²) in [7, 11) is 1.99. The van der Waals surface area contributed by atoms with Gasteiger partial charge in [-0.3, -0.25) is 0 Å². The molecule has 2 aromatic rings. The SMILES string of the molecule is CN1CN=C(Nc2cccc(C#N)c2)c2cc3c(cc21)OCCO3. The Hall–Kier alpha value is -3.20. The smallest absolute Gasteiger partial charge is 0.163 e. The molecule has 24 heavy (non-hydrogen) atoms. The fourth-order valence-electron chi connectivity index (χ4n) is 2.83. The summed E-state index contributed by atoms with van der Waals surface area (Å²) in [6.45, 7) is 1.66. The van der Waals surface area contributed by atoms with E-state index >= 15 is 0 Å². The highest BCUT2D eigenvalue weighted by Crippen LogP contribution is 2.38. The van der Waals surface area contributed by atoms with Crippen LogP contribution in [0.1, 0.15) is 11.1 Å². The molecule has 6 nitrogen and oxygen atoms in total. The minimum atomic E-state index is 0.547. The van der Waals surface area contributed by atoms with Gasteiger partial charge in [0.25, 0.3) is 0 Å². The Morgan fingerprint density at radius 2 is 1.96 bits per heavy atom. The quantitative estimate of drug-likeness (QED) is 0.874. The fourth-order valence-corrected chi connectivity index (χ4v) is 2.83. The Morgan fingerprint density at radius 1 is 1.17 bits per heavy atom. The molecule has 6 heteroatoms. The van der Waals surface area contributed by atoms with E-state index in [-0.39, 0.29) is 0 Å². The molecule has 1 N–H and O–H groups in total. The number of ether oxygens (including phenoxy) is 2. The maximum Gasteiger partial charge on any atom is 0.163 e. The Balaban J connectivity index is 1.72. The van der Waals surface area contributed by atoms with Crippen LogP contribution in [0, 0.1) is 11.3 Å². The van der Waals surface area contributed by atoms with E-state index in [4.69, 9.17) is 14.7 Å². The van der Waals surface area contributed by atoms with Crippen molar-refractivity contribution < 1.29 is 9.47 Å². The van der Waals surface area contributed by atoms with Gasteiger partial charge in [0.2, 0.25) is 0 Å². The summed E-state index contributed by atoms with van der Waals surface area (Å²) >= 11 is 0. The van der Waals surface area contributed by atoms with Gasteiger partial charge in [-0.15, -0.1) is 0 Å². The van der Waals surface area contributed by atoms with Gasteiger partial charge in [-0.2, -0.15) is 5.26 Å². The van der Waals surface area contributed by atoms with Crippen LogP contribution in [0.15, 0.2) is 41.4 Å². The predicted octanol–water partition coefficient (Wildman–Crippen LogP) is 2.60. The fraction of sp³-hybridized carbons (Fsp3) is 0.222. The van der Waals surface area contributed by atoms with Crippen LogP contribution in [0.4, 0.5) is 11.4 Å². The molecule has 2 aliphatic rings. The molecule has 0 amide bonds. The summed E-state index contributed by atoms with van der Waals surface area (Å²) in [6, 6.07) is 13.4. The molecule has 120 valence electrons. The summed E-state index contributed by atoms with van der Waals surface area (Å²) in [6.07, 6.45) is 0. The zero-order chi connectivity index (χ0) is 16.5. The maximum absolute atomic E-state index is 9.05. The van der Waals surface area contributed by atoms with Gasteiger partial charge in [0.15, 0.2) is 11.5 Å². The lowest BCUT2D eigenvalue weighted by atomic mass is 10.1. The zero-order valence-electron chi connectivity index (χ0n) is 13.2. The van der Waals surface area contributed by atoms with Crippen molar-refractivity contribution in [2.24, 2.45) is 4.99 Å². The molecule has 0 saturated carbocycles. The largest absolute Gasteiger partial charge is 0.486 e. The highest BCUT2D eigenvalue weighted by molar-refractivity contribution is 6.13. The molecular weight excluding hydrogens is 304 g/mol. The van der Waals surface area contributed by atoms with Gasteiger partial charge in [0, 0.05) is 24.4 Å². The summed E-state index contributed by atoms with van der Waals surface area (Å²) in [4.78, 5) is 6.66. The van der Waals surface area contributed by atoms with Gasteiger partial charge in [-0.05, 0) is 24.3 Å². The van der Waals surface area contributed by atoms with Crippen molar-refractivity contribution in [3.63, 3.8) is 0 Å². The molecule has 2 heterocycles. The molecular formula is C18H16N4O2. The minimum Gasteiger partial charge on any atom is -0.486 e. The Labute approximate surface area is 139 Å². The van der Waals surface area contributed by atoms with E-state index in [1.807, 2.05) is 31.3 Å². The molecule has 4 rings (SSSR count). The Bertz CT molecular complexity index is 870. The second kappa shape index (κ2) is 5.78. The number of amidine groups is 1. The maximum atomic E-state index is 9.05. The van der Waals surface area contributed by atoms with Gasteiger partial charge in [0.05, 0.1) is 17.3 Å². The van der Waals surface area contributed by atoms with Crippen LogP contribution in [0.3, 0.4) is 0 Å². The van der Waals surface area contributed by atoms with Crippen LogP contribution in [0.5, 0.6) is 11.5 Å². The molecule has 2 aliphatic heterocycles. The molecule has 0 aliphatic carbocycles. The van der Waals surface area contributed by atoms with Crippen molar-refractivity contribution in [3.05, 3.63) is 47.5 Å². The molecule has 0 atom stereocenters. The monoisotopic (exact) mass is 320 g/mol. The second-order valence-corrected chi connectivity index (χ2v) is 5.68. The number of nitrogens with one attached hydrogen (secondary N) is 1. The highest BCUT2D eigenvalue weighted by Gasteiger charge is 2.23. The molecule has 2 aromatic carbocycles. The number of benzene rings is 2. The Morgan fingerprint density at radius 3 is 2.75 bits per heavy atom. The third-order valence-electron chi connectivity index (χ3n) is 4.02. The van der Waals surface area contributed by atoms with E-state index in [1.54, 1.807) is 12.1 Å². The highest BCUT2D eigenvalue weighted by atomic mass is 16.6. The first-order chi connectivity index (χ1) is 11.7. The number of hydrogen-bond donors (Lipinski definition) is 1. The average Bonchev–Trinajstić information content (AvgIpc) is 2.63. The average molecular weight is 320 g/mol. The van der Waals surface area contributed by atoms with Gasteiger partial charge in [0.1, 0.15) is 25.7 Å². The van der Waals surface area contributed by atoms with Crippen molar-refractivity contribution in [1.82, 2.24) is 0 Å². The van der Waals surface area contributed by atoms with Gasteiger partial charge < -0.3 is 19.7 Å². The van der Waals surface area contributed by atoms with Crippen LogP contribution in [-0.2, 0) is 0 Å². The molecule has 0 aromatic heterocycles. The number of aliphatic imine (C=N–C) groups is 1. The minimum absolute atomic E-state index is 0.547. The van der Waals surface area contributed by atoms with Crippen molar-refractivity contribution in [3.8, 4) is 17.6 Å². The first kappa shape index (κ1) is 14.4. The standard InChI is InChI=1S/C18H16N4O2/c1-22-11-20-18(21-13-4-2-3-12(7-13)10-19)14-8-16-17(9-15(14)22)24-6-5-23-16/h2-4,7-9H,5-6,11H2,1H3,(H,20,21). The van der Waals surface area contributed by atoms with E-state index in [1.165, 1.54) is 0 Å². The second-order valence-electron chi connectivity index (χ2n) is 5.68. The number of fused-ring (bicyclic) bond motifs is 2.